The van der Waals surface area contributed by atoms with Crippen molar-refractivity contribution in [1.82, 2.24) is 15.1 Å². The molecule has 0 rings (SSSR count). The van der Waals surface area contributed by atoms with Crippen LogP contribution in [0, 0.1) is 0 Å². The van der Waals surface area contributed by atoms with Crippen LogP contribution in [-0.2, 0) is 42.7 Å². The third kappa shape index (κ3) is 31.4. The van der Waals surface area contributed by atoms with Gasteiger partial charge in [0.2, 0.25) is 5.91 Å². The van der Waals surface area contributed by atoms with E-state index in [9.17, 15) is 66.1 Å². The maximum atomic E-state index is 13.0. The molecule has 0 saturated carbocycles. The Kier molecular flexibility index (Phi) is 41.2. The molecule has 0 saturated heterocycles. The molecule has 0 aromatic heterocycles. The van der Waals surface area contributed by atoms with Crippen molar-refractivity contribution < 1.29 is 119 Å². The van der Waals surface area contributed by atoms with Gasteiger partial charge in [-0.25, -0.2) is 0 Å². The van der Waals surface area contributed by atoms with E-state index in [-0.39, 0.29) is 92.2 Å². The minimum Gasteiger partial charge on any atom is -0.394 e. The van der Waals surface area contributed by atoms with E-state index in [0.717, 1.165) is 6.54 Å². The second-order valence-corrected chi connectivity index (χ2v) is 15.2. The molecule has 0 spiro atoms. The van der Waals surface area contributed by atoms with E-state index in [1.165, 1.54) is 9.80 Å². The highest BCUT2D eigenvalue weighted by atomic mass is 16.6. The maximum absolute atomic E-state index is 13.0. The first-order chi connectivity index (χ1) is 32.1. The molecular formula is C40H83N3O24. The highest BCUT2D eigenvalue weighted by molar-refractivity contribution is 5.76. The normalized spacial score (nSPS) is 17.6. The first kappa shape index (κ1) is 65.5. The number of hydrogen-bond donors (Lipinski definition) is 16. The van der Waals surface area contributed by atoms with E-state index in [0.29, 0.717) is 33.0 Å². The number of aliphatic hydroxyl groups excluding tert-OH is 15. The van der Waals surface area contributed by atoms with Crippen LogP contribution in [0.5, 0.6) is 0 Å². The summed E-state index contributed by atoms with van der Waals surface area (Å²) in [4.78, 5) is 15.6. The standard InChI is InChI=1S/C40H83N3O24/c1-41-3-7-61-11-15-65-19-21-67-17-13-63-9-5-43(24-30(49)37(56)40(59)33(52)27-46)34(53)2-6-60-10-14-64-18-20-66-16-12-62-8-4-42(22-28(47)35(54)38(57)31(50)25-44)23-29(48)36(55)39(58)32(51)26-45/h28-33,35-41,44-52,54-59H,2-27H2,1H3/t28-,29-,30-,31+,32+,33+,35+,36+,37+,38+,39+,40+/m0/s1. The number of carbonyl (C=O) groups excluding carboxylic acids is 1. The Morgan fingerprint density at radius 2 is 0.672 bits per heavy atom. The molecule has 0 aromatic carbocycles. The van der Waals surface area contributed by atoms with Crippen LogP contribution >= 0.6 is 0 Å². The van der Waals surface area contributed by atoms with E-state index in [2.05, 4.69) is 5.32 Å². The first-order valence-corrected chi connectivity index (χ1v) is 22.3. The van der Waals surface area contributed by atoms with Crippen LogP contribution in [0.15, 0.2) is 0 Å². The SMILES string of the molecule is CNCCOCCOCCOCCOCCN(C[C@H](O)[C@@H](O)[C@H](O)[C@H](O)CO)C(=O)CCOCCOCCOCCOCCN(C[C@H](O)[C@@H](O)[C@H](O)[C@H](O)CO)C[C@H](O)[C@@H](O)[C@H](O)[C@H](O)CO. The zero-order chi connectivity index (χ0) is 50.4. The molecule has 402 valence electrons. The Balaban J connectivity index is 4.62. The molecule has 0 bridgehead atoms. The summed E-state index contributed by atoms with van der Waals surface area (Å²) in [6.45, 7) is 0.328. The summed E-state index contributed by atoms with van der Waals surface area (Å²) in [6, 6.07) is 0. The van der Waals surface area contributed by atoms with Gasteiger partial charge in [0.05, 0.1) is 144 Å². The summed E-state index contributed by atoms with van der Waals surface area (Å²) in [6.07, 6.45) is -21.8. The van der Waals surface area contributed by atoms with Crippen molar-refractivity contribution in [2.45, 2.75) is 79.7 Å². The van der Waals surface area contributed by atoms with E-state index in [1.54, 1.807) is 0 Å². The van der Waals surface area contributed by atoms with Crippen molar-refractivity contribution in [3.05, 3.63) is 0 Å². The lowest BCUT2D eigenvalue weighted by molar-refractivity contribution is -0.141. The molecule has 0 aliphatic heterocycles. The molecule has 27 nitrogen and oxygen atoms in total. The lowest BCUT2D eigenvalue weighted by atomic mass is 10.0. The van der Waals surface area contributed by atoms with Crippen LogP contribution in [0.25, 0.3) is 0 Å². The predicted octanol–water partition coefficient (Wildman–Crippen LogP) is -9.83. The van der Waals surface area contributed by atoms with Gasteiger partial charge in [0.25, 0.3) is 0 Å². The van der Waals surface area contributed by atoms with Crippen molar-refractivity contribution in [3.8, 4) is 0 Å². The number of aliphatic hydroxyl groups is 15. The van der Waals surface area contributed by atoms with Crippen molar-refractivity contribution in [2.24, 2.45) is 0 Å². The van der Waals surface area contributed by atoms with Crippen LogP contribution in [-0.4, -0.2) is 337 Å². The number of nitrogens with one attached hydrogen (secondary N) is 1. The van der Waals surface area contributed by atoms with Crippen LogP contribution < -0.4 is 5.32 Å². The maximum Gasteiger partial charge on any atom is 0.225 e. The Bertz CT molecular complexity index is 1100. The minimum atomic E-state index is -1.92. The van der Waals surface area contributed by atoms with Crippen molar-refractivity contribution in [1.29, 1.82) is 0 Å². The zero-order valence-electron chi connectivity index (χ0n) is 38.6. The van der Waals surface area contributed by atoms with Gasteiger partial charge in [0.15, 0.2) is 0 Å². The Morgan fingerprint density at radius 3 is 1.01 bits per heavy atom. The number of likely N-dealkylation sites (N-methyl/N-ethyl adjacent to an activating group) is 1. The highest BCUT2D eigenvalue weighted by Crippen LogP contribution is 2.12. The van der Waals surface area contributed by atoms with Gasteiger partial charge in [-0.3, -0.25) is 9.69 Å². The van der Waals surface area contributed by atoms with Crippen LogP contribution in [0.3, 0.4) is 0 Å². The minimum absolute atomic E-state index is 0.00468. The molecule has 27 heteroatoms. The van der Waals surface area contributed by atoms with Crippen molar-refractivity contribution in [2.75, 3.05) is 172 Å². The molecule has 16 N–H and O–H groups in total. The third-order valence-electron chi connectivity index (χ3n) is 9.87. The molecule has 12 atom stereocenters. The molecule has 0 heterocycles. The number of amides is 1. The molecule has 0 aliphatic rings. The van der Waals surface area contributed by atoms with E-state index >= 15 is 0 Å². The summed E-state index contributed by atoms with van der Waals surface area (Å²) < 4.78 is 43.7. The summed E-state index contributed by atoms with van der Waals surface area (Å²) in [5, 5.41) is 151. The average molecular weight is 990 g/mol. The predicted molar refractivity (Wildman–Crippen MR) is 231 cm³/mol. The van der Waals surface area contributed by atoms with Gasteiger partial charge in [-0.2, -0.15) is 0 Å². The molecule has 0 fully saturated rings. The van der Waals surface area contributed by atoms with Crippen molar-refractivity contribution in [3.63, 3.8) is 0 Å². The van der Waals surface area contributed by atoms with E-state index in [1.807, 2.05) is 7.05 Å². The fraction of sp³-hybridized carbons (Fsp3) is 0.975. The summed E-state index contributed by atoms with van der Waals surface area (Å²) >= 11 is 0. The van der Waals surface area contributed by atoms with Crippen molar-refractivity contribution >= 4 is 5.91 Å². The van der Waals surface area contributed by atoms with Gasteiger partial charge in [-0.15, -0.1) is 0 Å². The van der Waals surface area contributed by atoms with Crippen LogP contribution in [0.4, 0.5) is 0 Å². The second kappa shape index (κ2) is 42.2. The monoisotopic (exact) mass is 990 g/mol. The smallest absolute Gasteiger partial charge is 0.225 e. The molecular weight excluding hydrogens is 906 g/mol. The average Bonchev–Trinajstić information content (AvgIpc) is 3.33. The largest absolute Gasteiger partial charge is 0.394 e. The molecule has 1 amide bonds. The Labute approximate surface area is 391 Å². The highest BCUT2D eigenvalue weighted by Gasteiger charge is 2.35. The van der Waals surface area contributed by atoms with Gasteiger partial charge < -0.3 is 125 Å². The topological polar surface area (TPSA) is 413 Å². The lowest BCUT2D eigenvalue weighted by Crippen LogP contribution is -2.53. The van der Waals surface area contributed by atoms with Gasteiger partial charge >= 0.3 is 0 Å². The summed E-state index contributed by atoms with van der Waals surface area (Å²) in [5.74, 6) is -0.461. The number of carbonyl (C=O) groups is 1. The number of ether oxygens (including phenoxy) is 8. The van der Waals surface area contributed by atoms with Crippen LogP contribution in [0.2, 0.25) is 0 Å². The molecule has 0 aliphatic carbocycles. The first-order valence-electron chi connectivity index (χ1n) is 22.3. The molecule has 67 heavy (non-hydrogen) atoms. The third-order valence-corrected chi connectivity index (χ3v) is 9.87. The van der Waals surface area contributed by atoms with Gasteiger partial charge in [-0.05, 0) is 7.05 Å². The number of rotatable bonds is 48. The van der Waals surface area contributed by atoms with Gasteiger partial charge in [0, 0.05) is 39.3 Å². The van der Waals surface area contributed by atoms with Crippen LogP contribution in [0.1, 0.15) is 6.42 Å². The zero-order valence-corrected chi connectivity index (χ0v) is 38.6. The number of hydrogen-bond acceptors (Lipinski definition) is 26. The molecule has 0 aromatic rings. The van der Waals surface area contributed by atoms with E-state index < -0.39 is 119 Å². The van der Waals surface area contributed by atoms with Gasteiger partial charge in [0.1, 0.15) is 61.0 Å². The fourth-order valence-electron chi connectivity index (χ4n) is 5.73. The molecule has 0 radical (unpaired) electrons. The Hall–Kier alpha value is -1.53. The van der Waals surface area contributed by atoms with E-state index in [4.69, 9.17) is 53.2 Å². The quantitative estimate of drug-likeness (QED) is 0.0252. The summed E-state index contributed by atoms with van der Waals surface area (Å²) in [5.41, 5.74) is 0. The fourth-order valence-corrected chi connectivity index (χ4v) is 5.73. The van der Waals surface area contributed by atoms with Gasteiger partial charge in [-0.1, -0.05) is 0 Å². The molecule has 0 unspecified atom stereocenters. The Morgan fingerprint density at radius 1 is 0.388 bits per heavy atom. The number of nitrogens with zero attached hydrogens (tertiary/aromatic N) is 2. The lowest BCUT2D eigenvalue weighted by Gasteiger charge is -2.33. The second-order valence-electron chi connectivity index (χ2n) is 15.2. The summed E-state index contributed by atoms with van der Waals surface area (Å²) in [7, 11) is 1.83.